The topological polar surface area (TPSA) is 133 Å². The van der Waals surface area contributed by atoms with Gasteiger partial charge in [0.25, 0.3) is 5.56 Å². The van der Waals surface area contributed by atoms with Crippen molar-refractivity contribution in [2.75, 3.05) is 6.54 Å². The molecule has 1 aromatic heterocycles. The SMILES string of the molecule is Cc1[nH]c(=O)[nH]c(=O)c1/C=N/NC(=O)CCN. The number of rotatable bonds is 4. The molecule has 0 aromatic carbocycles. The van der Waals surface area contributed by atoms with Crippen LogP contribution in [0, 0.1) is 6.92 Å². The quantitative estimate of drug-likeness (QED) is 0.363. The van der Waals surface area contributed by atoms with Gasteiger partial charge in [-0.1, -0.05) is 0 Å². The highest BCUT2D eigenvalue weighted by Crippen LogP contribution is 1.89. The molecule has 92 valence electrons. The zero-order chi connectivity index (χ0) is 12.8. The van der Waals surface area contributed by atoms with Crippen molar-refractivity contribution in [1.82, 2.24) is 15.4 Å². The van der Waals surface area contributed by atoms with E-state index in [1.807, 2.05) is 0 Å². The maximum Gasteiger partial charge on any atom is 0.325 e. The average molecular weight is 239 g/mol. The fraction of sp³-hybridized carbons (Fsp3) is 0.333. The van der Waals surface area contributed by atoms with Crippen LogP contribution in [-0.2, 0) is 4.79 Å². The summed E-state index contributed by atoms with van der Waals surface area (Å²) in [4.78, 5) is 37.7. The van der Waals surface area contributed by atoms with Gasteiger partial charge in [0.1, 0.15) is 0 Å². The van der Waals surface area contributed by atoms with Gasteiger partial charge in [0, 0.05) is 18.7 Å². The molecule has 0 saturated heterocycles. The Kier molecular flexibility index (Phi) is 4.35. The Balaban J connectivity index is 2.82. The molecule has 0 aliphatic carbocycles. The number of aromatic nitrogens is 2. The van der Waals surface area contributed by atoms with Crippen LogP contribution in [0.1, 0.15) is 17.7 Å². The smallest absolute Gasteiger partial charge is 0.325 e. The van der Waals surface area contributed by atoms with Crippen LogP contribution in [0.3, 0.4) is 0 Å². The Morgan fingerprint density at radius 2 is 2.18 bits per heavy atom. The van der Waals surface area contributed by atoms with Crippen LogP contribution in [-0.4, -0.2) is 28.6 Å². The van der Waals surface area contributed by atoms with Gasteiger partial charge in [-0.25, -0.2) is 10.2 Å². The van der Waals surface area contributed by atoms with E-state index in [9.17, 15) is 14.4 Å². The van der Waals surface area contributed by atoms with Crippen molar-refractivity contribution < 1.29 is 4.79 Å². The van der Waals surface area contributed by atoms with Crippen molar-refractivity contribution in [2.24, 2.45) is 10.8 Å². The molecule has 17 heavy (non-hydrogen) atoms. The van der Waals surface area contributed by atoms with Crippen LogP contribution in [0.25, 0.3) is 0 Å². The lowest BCUT2D eigenvalue weighted by atomic mass is 10.2. The standard InChI is InChI=1S/C9H13N5O3/c1-5-6(8(16)13-9(17)12-5)4-11-14-7(15)2-3-10/h4H,2-3,10H2,1H3,(H,14,15)(H2,12,13,16,17)/b11-4+. The zero-order valence-corrected chi connectivity index (χ0v) is 9.24. The minimum absolute atomic E-state index is 0.151. The van der Waals surface area contributed by atoms with E-state index >= 15 is 0 Å². The van der Waals surface area contributed by atoms with Crippen LogP contribution in [0.4, 0.5) is 0 Å². The molecule has 1 amide bonds. The van der Waals surface area contributed by atoms with Crippen molar-refractivity contribution in [2.45, 2.75) is 13.3 Å². The fourth-order valence-corrected chi connectivity index (χ4v) is 1.12. The number of H-pyrrole nitrogens is 2. The minimum atomic E-state index is -0.586. The first-order chi connectivity index (χ1) is 8.04. The Morgan fingerprint density at radius 3 is 2.76 bits per heavy atom. The van der Waals surface area contributed by atoms with Crippen molar-refractivity contribution >= 4 is 12.1 Å². The van der Waals surface area contributed by atoms with Gasteiger partial charge < -0.3 is 10.7 Å². The van der Waals surface area contributed by atoms with Crippen LogP contribution in [0.5, 0.6) is 0 Å². The third-order valence-corrected chi connectivity index (χ3v) is 1.93. The summed E-state index contributed by atoms with van der Waals surface area (Å²) < 4.78 is 0. The van der Waals surface area contributed by atoms with Gasteiger partial charge >= 0.3 is 5.69 Å². The number of carbonyl (C=O) groups is 1. The van der Waals surface area contributed by atoms with Crippen molar-refractivity contribution in [1.29, 1.82) is 0 Å². The number of nitrogens with zero attached hydrogens (tertiary/aromatic N) is 1. The molecule has 0 aliphatic heterocycles. The number of aryl methyl sites for hydroxylation is 1. The number of aromatic amines is 2. The second-order valence-electron chi connectivity index (χ2n) is 3.28. The summed E-state index contributed by atoms with van der Waals surface area (Å²) in [6.07, 6.45) is 1.32. The molecule has 1 heterocycles. The number of hydrogen-bond acceptors (Lipinski definition) is 5. The molecule has 0 unspecified atom stereocenters. The number of amides is 1. The maximum atomic E-state index is 11.4. The lowest BCUT2D eigenvalue weighted by molar-refractivity contribution is -0.120. The summed E-state index contributed by atoms with van der Waals surface area (Å²) in [5.74, 6) is -0.345. The van der Waals surface area contributed by atoms with E-state index in [4.69, 9.17) is 5.73 Å². The molecule has 1 aromatic rings. The van der Waals surface area contributed by atoms with E-state index in [0.29, 0.717) is 5.69 Å². The Bertz CT molecular complexity index is 542. The van der Waals surface area contributed by atoms with Crippen LogP contribution in [0.15, 0.2) is 14.7 Å². The van der Waals surface area contributed by atoms with E-state index in [-0.39, 0.29) is 24.4 Å². The van der Waals surface area contributed by atoms with Crippen LogP contribution in [0.2, 0.25) is 0 Å². The van der Waals surface area contributed by atoms with E-state index in [2.05, 4.69) is 20.5 Å². The minimum Gasteiger partial charge on any atom is -0.330 e. The zero-order valence-electron chi connectivity index (χ0n) is 9.24. The maximum absolute atomic E-state index is 11.4. The summed E-state index contributed by atoms with van der Waals surface area (Å²) in [6, 6.07) is 0. The van der Waals surface area contributed by atoms with Crippen molar-refractivity contribution in [3.05, 3.63) is 32.1 Å². The predicted molar refractivity (Wildman–Crippen MR) is 61.8 cm³/mol. The molecular weight excluding hydrogens is 226 g/mol. The Morgan fingerprint density at radius 1 is 1.47 bits per heavy atom. The lowest BCUT2D eigenvalue weighted by Crippen LogP contribution is -2.27. The summed E-state index contributed by atoms with van der Waals surface area (Å²) >= 11 is 0. The predicted octanol–water partition coefficient (Wildman–Crippen LogP) is -1.83. The van der Waals surface area contributed by atoms with Gasteiger partial charge in [-0.15, -0.1) is 0 Å². The van der Waals surface area contributed by atoms with Crippen molar-refractivity contribution in [3.63, 3.8) is 0 Å². The molecule has 1 rings (SSSR count). The third-order valence-electron chi connectivity index (χ3n) is 1.93. The molecule has 8 heteroatoms. The summed E-state index contributed by atoms with van der Waals surface area (Å²) in [6.45, 7) is 1.78. The highest BCUT2D eigenvalue weighted by Gasteiger charge is 2.02. The molecule has 0 bridgehead atoms. The van der Waals surface area contributed by atoms with E-state index in [1.165, 1.54) is 6.21 Å². The number of hydrazone groups is 1. The largest absolute Gasteiger partial charge is 0.330 e. The molecule has 0 fully saturated rings. The van der Waals surface area contributed by atoms with E-state index in [1.54, 1.807) is 6.92 Å². The summed E-state index contributed by atoms with van der Waals surface area (Å²) in [5, 5.41) is 3.59. The summed E-state index contributed by atoms with van der Waals surface area (Å²) in [7, 11) is 0. The van der Waals surface area contributed by atoms with E-state index in [0.717, 1.165) is 0 Å². The van der Waals surface area contributed by atoms with Gasteiger partial charge in [0.15, 0.2) is 0 Å². The third kappa shape index (κ3) is 3.68. The molecule has 0 spiro atoms. The second kappa shape index (κ2) is 5.75. The molecule has 0 atom stereocenters. The highest BCUT2D eigenvalue weighted by atomic mass is 16.2. The highest BCUT2D eigenvalue weighted by molar-refractivity contribution is 5.82. The van der Waals surface area contributed by atoms with Gasteiger partial charge in [-0.2, -0.15) is 5.10 Å². The van der Waals surface area contributed by atoms with Gasteiger partial charge in [0.05, 0.1) is 11.8 Å². The first-order valence-electron chi connectivity index (χ1n) is 4.89. The number of nitrogens with two attached hydrogens (primary N) is 1. The lowest BCUT2D eigenvalue weighted by Gasteiger charge is -1.98. The molecule has 0 radical (unpaired) electrons. The number of carbonyl (C=O) groups excluding carboxylic acids is 1. The van der Waals surface area contributed by atoms with Gasteiger partial charge in [-0.05, 0) is 6.92 Å². The number of hydrogen-bond donors (Lipinski definition) is 4. The fourth-order valence-electron chi connectivity index (χ4n) is 1.12. The van der Waals surface area contributed by atoms with Crippen LogP contribution < -0.4 is 22.4 Å². The van der Waals surface area contributed by atoms with Crippen LogP contribution >= 0.6 is 0 Å². The Labute approximate surface area is 95.9 Å². The molecule has 0 aliphatic rings. The Hall–Kier alpha value is -2.22. The summed E-state index contributed by atoms with van der Waals surface area (Å²) in [5.41, 5.74) is 6.77. The number of nitrogens with one attached hydrogen (secondary N) is 3. The average Bonchev–Trinajstić information content (AvgIpc) is 2.22. The molecule has 8 nitrogen and oxygen atoms in total. The monoisotopic (exact) mass is 239 g/mol. The van der Waals surface area contributed by atoms with Crippen molar-refractivity contribution in [3.8, 4) is 0 Å². The van der Waals surface area contributed by atoms with Gasteiger partial charge in [0.2, 0.25) is 5.91 Å². The normalized spacial score (nSPS) is 10.7. The molecule has 0 saturated carbocycles. The van der Waals surface area contributed by atoms with Gasteiger partial charge in [-0.3, -0.25) is 14.6 Å². The van der Waals surface area contributed by atoms with E-state index < -0.39 is 11.2 Å². The molecular formula is C9H13N5O3. The second-order valence-corrected chi connectivity index (χ2v) is 3.28. The molecule has 5 N–H and O–H groups in total. The first kappa shape index (κ1) is 12.8. The first-order valence-corrected chi connectivity index (χ1v) is 4.89.